The van der Waals surface area contributed by atoms with Gasteiger partial charge in [-0.3, -0.25) is 0 Å². The lowest BCUT2D eigenvalue weighted by molar-refractivity contribution is 0.143. The summed E-state index contributed by atoms with van der Waals surface area (Å²) in [5.74, 6) is 0. The molecule has 0 aliphatic carbocycles. The van der Waals surface area contributed by atoms with Crippen LogP contribution in [0.3, 0.4) is 0 Å². The van der Waals surface area contributed by atoms with Gasteiger partial charge in [0.2, 0.25) is 10.0 Å². The van der Waals surface area contributed by atoms with Gasteiger partial charge in [-0.25, -0.2) is 8.42 Å². The fraction of sp³-hybridized carbons (Fsp3) is 1.00. The predicted octanol–water partition coefficient (Wildman–Crippen LogP) is 0.730. The number of hydrogen-bond acceptors (Lipinski definition) is 4. The van der Waals surface area contributed by atoms with Gasteiger partial charge in [-0.05, 0) is 33.4 Å². The third-order valence-electron chi connectivity index (χ3n) is 3.94. The zero-order chi connectivity index (χ0) is 14.5. The Labute approximate surface area is 118 Å². The summed E-state index contributed by atoms with van der Waals surface area (Å²) in [6.07, 6.45) is 2.02. The summed E-state index contributed by atoms with van der Waals surface area (Å²) in [6.45, 7) is 9.49. The maximum atomic E-state index is 12.5. The topological polar surface area (TPSA) is 52.7 Å². The van der Waals surface area contributed by atoms with Crippen LogP contribution in [0.2, 0.25) is 0 Å². The van der Waals surface area contributed by atoms with Crippen LogP contribution in [0.1, 0.15) is 33.6 Å². The van der Waals surface area contributed by atoms with Crippen molar-refractivity contribution in [2.75, 3.05) is 39.8 Å². The van der Waals surface area contributed by atoms with Crippen molar-refractivity contribution in [2.24, 2.45) is 0 Å². The normalized spacial score (nSPS) is 24.5. The van der Waals surface area contributed by atoms with Gasteiger partial charge < -0.3 is 10.2 Å². The zero-order valence-corrected chi connectivity index (χ0v) is 13.5. The van der Waals surface area contributed by atoms with E-state index in [4.69, 9.17) is 0 Å². The molecule has 1 heterocycles. The molecule has 0 radical (unpaired) electrons. The Kier molecular flexibility index (Phi) is 6.73. The fourth-order valence-corrected chi connectivity index (χ4v) is 3.98. The van der Waals surface area contributed by atoms with Gasteiger partial charge >= 0.3 is 0 Å². The monoisotopic (exact) mass is 291 g/mol. The first-order valence-electron chi connectivity index (χ1n) is 7.33. The molecule has 5 nitrogen and oxygen atoms in total. The molecule has 0 aromatic carbocycles. The Morgan fingerprint density at radius 1 is 1.32 bits per heavy atom. The Morgan fingerprint density at radius 2 is 2.00 bits per heavy atom. The highest BCUT2D eigenvalue weighted by atomic mass is 32.2. The molecule has 1 saturated heterocycles. The second-order valence-electron chi connectivity index (χ2n) is 5.46. The second kappa shape index (κ2) is 7.57. The zero-order valence-electron chi connectivity index (χ0n) is 12.7. The molecule has 1 fully saturated rings. The fourth-order valence-electron chi connectivity index (χ4n) is 2.43. The highest BCUT2D eigenvalue weighted by Crippen LogP contribution is 2.17. The molecule has 0 aromatic heterocycles. The number of rotatable bonds is 7. The van der Waals surface area contributed by atoms with E-state index in [1.165, 1.54) is 0 Å². The third-order valence-corrected chi connectivity index (χ3v) is 6.17. The summed E-state index contributed by atoms with van der Waals surface area (Å²) in [4.78, 5) is 2.26. The molecule has 1 aliphatic rings. The lowest BCUT2D eigenvalue weighted by Crippen LogP contribution is -2.55. The van der Waals surface area contributed by atoms with Gasteiger partial charge in [0.05, 0.1) is 5.25 Å². The summed E-state index contributed by atoms with van der Waals surface area (Å²) in [5.41, 5.74) is 0. The smallest absolute Gasteiger partial charge is 0.218 e. The minimum atomic E-state index is -3.16. The van der Waals surface area contributed by atoms with Crippen LogP contribution in [-0.4, -0.2) is 68.7 Å². The standard InChI is InChI=1S/C13H29N3O2S/c1-5-7-14-10-12(3)19(17,18)16-9-8-15(4)13(6-2)11-16/h12-14H,5-11H2,1-4H3. The van der Waals surface area contributed by atoms with Gasteiger partial charge in [0.15, 0.2) is 0 Å². The van der Waals surface area contributed by atoms with Crippen molar-refractivity contribution in [3.05, 3.63) is 0 Å². The molecule has 0 spiro atoms. The van der Waals surface area contributed by atoms with Crippen LogP contribution in [0.5, 0.6) is 0 Å². The van der Waals surface area contributed by atoms with E-state index in [-0.39, 0.29) is 5.25 Å². The summed E-state index contributed by atoms with van der Waals surface area (Å²) in [6, 6.07) is 0.347. The minimum absolute atomic E-state index is 0.347. The molecule has 6 heteroatoms. The van der Waals surface area contributed by atoms with Gasteiger partial charge in [-0.1, -0.05) is 13.8 Å². The third kappa shape index (κ3) is 4.41. The van der Waals surface area contributed by atoms with Crippen molar-refractivity contribution >= 4 is 10.0 Å². The van der Waals surface area contributed by atoms with Crippen LogP contribution in [0.4, 0.5) is 0 Å². The lowest BCUT2D eigenvalue weighted by atomic mass is 10.1. The van der Waals surface area contributed by atoms with Gasteiger partial charge in [0, 0.05) is 32.2 Å². The van der Waals surface area contributed by atoms with Gasteiger partial charge in [0.25, 0.3) is 0 Å². The first-order valence-corrected chi connectivity index (χ1v) is 8.83. The molecular formula is C13H29N3O2S. The van der Waals surface area contributed by atoms with E-state index >= 15 is 0 Å². The molecule has 0 amide bonds. The van der Waals surface area contributed by atoms with Gasteiger partial charge in [-0.15, -0.1) is 0 Å². The van der Waals surface area contributed by atoms with E-state index in [9.17, 15) is 8.42 Å². The summed E-state index contributed by atoms with van der Waals surface area (Å²) < 4.78 is 26.7. The highest BCUT2D eigenvalue weighted by molar-refractivity contribution is 7.89. The molecule has 0 bridgehead atoms. The maximum Gasteiger partial charge on any atom is 0.218 e. The van der Waals surface area contributed by atoms with Crippen LogP contribution in [0, 0.1) is 0 Å². The average molecular weight is 291 g/mol. The number of likely N-dealkylation sites (N-methyl/N-ethyl adjacent to an activating group) is 1. The van der Waals surface area contributed by atoms with Crippen LogP contribution in [0.15, 0.2) is 0 Å². The summed E-state index contributed by atoms with van der Waals surface area (Å²) in [7, 11) is -1.09. The quantitative estimate of drug-likeness (QED) is 0.703. The molecule has 2 atom stereocenters. The molecule has 1 aliphatic heterocycles. The minimum Gasteiger partial charge on any atom is -0.315 e. The van der Waals surface area contributed by atoms with E-state index in [1.807, 2.05) is 0 Å². The number of piperazine rings is 1. The first kappa shape index (κ1) is 16.9. The Bertz CT molecular complexity index is 359. The van der Waals surface area contributed by atoms with Gasteiger partial charge in [0.1, 0.15) is 0 Å². The van der Waals surface area contributed by atoms with E-state index in [2.05, 4.69) is 31.1 Å². The second-order valence-corrected chi connectivity index (χ2v) is 7.81. The molecule has 114 valence electrons. The Hall–Kier alpha value is -0.170. The maximum absolute atomic E-state index is 12.5. The van der Waals surface area contributed by atoms with Gasteiger partial charge in [-0.2, -0.15) is 4.31 Å². The molecule has 1 N–H and O–H groups in total. The Morgan fingerprint density at radius 3 is 2.58 bits per heavy atom. The number of hydrogen-bond donors (Lipinski definition) is 1. The summed E-state index contributed by atoms with van der Waals surface area (Å²) in [5, 5.41) is 2.85. The summed E-state index contributed by atoms with van der Waals surface area (Å²) >= 11 is 0. The molecule has 19 heavy (non-hydrogen) atoms. The van der Waals surface area contributed by atoms with Crippen molar-refractivity contribution < 1.29 is 8.42 Å². The van der Waals surface area contributed by atoms with E-state index in [0.717, 1.165) is 25.9 Å². The van der Waals surface area contributed by atoms with Crippen LogP contribution in [0.25, 0.3) is 0 Å². The molecule has 2 unspecified atom stereocenters. The largest absolute Gasteiger partial charge is 0.315 e. The molecular weight excluding hydrogens is 262 g/mol. The van der Waals surface area contributed by atoms with Crippen molar-refractivity contribution in [1.29, 1.82) is 0 Å². The number of nitrogens with one attached hydrogen (secondary N) is 1. The predicted molar refractivity (Wildman–Crippen MR) is 79.8 cm³/mol. The number of sulfonamides is 1. The van der Waals surface area contributed by atoms with E-state index < -0.39 is 10.0 Å². The van der Waals surface area contributed by atoms with E-state index in [0.29, 0.717) is 25.7 Å². The molecule has 1 rings (SSSR count). The van der Waals surface area contributed by atoms with Crippen LogP contribution in [-0.2, 0) is 10.0 Å². The lowest BCUT2D eigenvalue weighted by Gasteiger charge is -2.39. The van der Waals surface area contributed by atoms with Crippen molar-refractivity contribution in [3.63, 3.8) is 0 Å². The number of nitrogens with zero attached hydrogens (tertiary/aromatic N) is 2. The van der Waals surface area contributed by atoms with Crippen LogP contribution >= 0.6 is 0 Å². The molecule has 0 saturated carbocycles. The van der Waals surface area contributed by atoms with E-state index in [1.54, 1.807) is 11.2 Å². The van der Waals surface area contributed by atoms with Crippen LogP contribution < -0.4 is 5.32 Å². The first-order chi connectivity index (χ1) is 8.93. The average Bonchev–Trinajstić information content (AvgIpc) is 2.39. The van der Waals surface area contributed by atoms with Crippen molar-refractivity contribution in [2.45, 2.75) is 44.9 Å². The Balaban J connectivity index is 2.61. The SMILES string of the molecule is CCCNCC(C)S(=O)(=O)N1CCN(C)C(CC)C1. The molecule has 0 aromatic rings. The highest BCUT2D eigenvalue weighted by Gasteiger charge is 2.33. The van der Waals surface area contributed by atoms with Crippen molar-refractivity contribution in [1.82, 2.24) is 14.5 Å². The van der Waals surface area contributed by atoms with Crippen molar-refractivity contribution in [3.8, 4) is 0 Å².